The van der Waals surface area contributed by atoms with Crippen LogP contribution in [0.4, 0.5) is 5.69 Å². The number of ether oxygens (including phenoxy) is 1. The maximum absolute atomic E-state index is 14.2. The van der Waals surface area contributed by atoms with E-state index in [-0.39, 0.29) is 24.9 Å². The van der Waals surface area contributed by atoms with Gasteiger partial charge >= 0.3 is 0 Å². The Labute approximate surface area is 253 Å². The molecule has 1 aliphatic carbocycles. The van der Waals surface area contributed by atoms with E-state index in [9.17, 15) is 18.0 Å². The number of benzene rings is 3. The number of hydrogen-bond acceptors (Lipinski definition) is 5. The van der Waals surface area contributed by atoms with Crippen LogP contribution in [0, 0.1) is 0 Å². The highest BCUT2D eigenvalue weighted by molar-refractivity contribution is 7.92. The number of carbonyl (C=O) groups excluding carboxylic acids is 2. The van der Waals surface area contributed by atoms with Crippen LogP contribution in [0.1, 0.15) is 43.2 Å². The molecule has 0 saturated heterocycles. The third-order valence-electron chi connectivity index (χ3n) is 7.53. The Bertz CT molecular complexity index is 1430. The summed E-state index contributed by atoms with van der Waals surface area (Å²) in [6.45, 7) is -0.368. The third kappa shape index (κ3) is 8.72. The van der Waals surface area contributed by atoms with Crippen molar-refractivity contribution < 1.29 is 22.7 Å². The summed E-state index contributed by atoms with van der Waals surface area (Å²) in [6.07, 6.45) is 6.38. The summed E-state index contributed by atoms with van der Waals surface area (Å²) in [4.78, 5) is 29.6. The lowest BCUT2D eigenvalue weighted by Gasteiger charge is -2.35. The summed E-state index contributed by atoms with van der Waals surface area (Å²) in [5.41, 5.74) is 1.99. The van der Waals surface area contributed by atoms with E-state index in [2.05, 4.69) is 5.32 Å². The van der Waals surface area contributed by atoms with E-state index in [1.165, 1.54) is 12.0 Å². The predicted octanol–water partition coefficient (Wildman–Crippen LogP) is 5.20. The topological polar surface area (TPSA) is 96.0 Å². The lowest BCUT2D eigenvalue weighted by molar-refractivity contribution is -0.140. The normalized spacial score (nSPS) is 14.5. The van der Waals surface area contributed by atoms with Crippen LogP contribution >= 0.6 is 11.6 Å². The lowest BCUT2D eigenvalue weighted by atomic mass is 9.94. The number of carbonyl (C=O) groups is 2. The summed E-state index contributed by atoms with van der Waals surface area (Å²) in [5.74, 6) is -0.181. The van der Waals surface area contributed by atoms with Crippen LogP contribution in [0.3, 0.4) is 0 Å². The number of methoxy groups -OCH3 is 1. The monoisotopic (exact) mass is 611 g/mol. The van der Waals surface area contributed by atoms with Crippen LogP contribution < -0.4 is 14.4 Å². The zero-order chi connectivity index (χ0) is 30.1. The van der Waals surface area contributed by atoms with Crippen LogP contribution in [0.5, 0.6) is 5.75 Å². The lowest BCUT2D eigenvalue weighted by Crippen LogP contribution is -2.55. The van der Waals surface area contributed by atoms with Crippen molar-refractivity contribution in [2.45, 2.75) is 57.2 Å². The molecule has 3 aromatic carbocycles. The fraction of sp³-hybridized carbons (Fsp3) is 0.375. The van der Waals surface area contributed by atoms with Crippen LogP contribution in [0.15, 0.2) is 78.9 Å². The van der Waals surface area contributed by atoms with Gasteiger partial charge in [0.2, 0.25) is 21.8 Å². The van der Waals surface area contributed by atoms with Crippen LogP contribution in [-0.4, -0.2) is 57.1 Å². The molecule has 0 aliphatic heterocycles. The molecule has 0 radical (unpaired) electrons. The third-order valence-corrected chi connectivity index (χ3v) is 8.92. The first-order chi connectivity index (χ1) is 20.1. The minimum atomic E-state index is -3.85. The first-order valence-electron chi connectivity index (χ1n) is 14.1. The molecule has 10 heteroatoms. The van der Waals surface area contributed by atoms with Gasteiger partial charge in [-0.25, -0.2) is 8.42 Å². The molecule has 0 spiro atoms. The zero-order valence-electron chi connectivity index (χ0n) is 24.0. The molecular weight excluding hydrogens is 574 g/mol. The van der Waals surface area contributed by atoms with Crippen molar-refractivity contribution >= 4 is 39.1 Å². The maximum Gasteiger partial charge on any atom is 0.244 e. The second-order valence-corrected chi connectivity index (χ2v) is 13.0. The molecule has 0 unspecified atom stereocenters. The molecule has 1 aliphatic rings. The second-order valence-electron chi connectivity index (χ2n) is 10.7. The van der Waals surface area contributed by atoms with Crippen molar-refractivity contribution in [2.75, 3.05) is 24.2 Å². The average Bonchev–Trinajstić information content (AvgIpc) is 2.99. The van der Waals surface area contributed by atoms with E-state index in [0.29, 0.717) is 16.5 Å². The number of sulfonamides is 1. The van der Waals surface area contributed by atoms with Gasteiger partial charge < -0.3 is 15.0 Å². The van der Waals surface area contributed by atoms with Gasteiger partial charge in [0.15, 0.2) is 0 Å². The zero-order valence-corrected chi connectivity index (χ0v) is 25.6. The summed E-state index contributed by atoms with van der Waals surface area (Å²) in [5, 5.41) is 3.75. The van der Waals surface area contributed by atoms with Gasteiger partial charge in [0.05, 0.1) is 19.1 Å². The van der Waals surface area contributed by atoms with E-state index in [1.807, 2.05) is 30.3 Å². The summed E-state index contributed by atoms with van der Waals surface area (Å²) >= 11 is 6.12. The van der Waals surface area contributed by atoms with Gasteiger partial charge in [-0.1, -0.05) is 73.3 Å². The van der Waals surface area contributed by atoms with E-state index in [0.717, 1.165) is 53.8 Å². The number of amides is 2. The maximum atomic E-state index is 14.2. The van der Waals surface area contributed by atoms with Crippen LogP contribution in [0.25, 0.3) is 0 Å². The van der Waals surface area contributed by atoms with Gasteiger partial charge in [-0.2, -0.15) is 0 Å². The second kappa shape index (κ2) is 14.6. The highest BCUT2D eigenvalue weighted by Crippen LogP contribution is 2.24. The summed E-state index contributed by atoms with van der Waals surface area (Å²) in [7, 11) is -2.32. The fourth-order valence-electron chi connectivity index (χ4n) is 5.25. The summed E-state index contributed by atoms with van der Waals surface area (Å²) in [6, 6.07) is 22.2. The molecule has 3 aromatic rings. The first kappa shape index (κ1) is 31.4. The van der Waals surface area contributed by atoms with Crippen molar-refractivity contribution in [3.8, 4) is 5.75 Å². The van der Waals surface area contributed by atoms with Crippen LogP contribution in [0.2, 0.25) is 5.02 Å². The SMILES string of the molecule is COc1ccc(N(CC(=O)N(Cc2ccc(Cl)cc2)[C@H](Cc2ccccc2)C(=O)NC2CCCCC2)S(C)(=O)=O)cc1. The average molecular weight is 612 g/mol. The van der Waals surface area contributed by atoms with E-state index in [4.69, 9.17) is 16.3 Å². The molecule has 1 atom stereocenters. The quantitative estimate of drug-likeness (QED) is 0.304. The molecule has 0 heterocycles. The molecule has 42 heavy (non-hydrogen) atoms. The molecule has 1 saturated carbocycles. The molecule has 224 valence electrons. The van der Waals surface area contributed by atoms with Gasteiger partial charge in [-0.05, 0) is 60.4 Å². The molecule has 0 aromatic heterocycles. The molecule has 1 N–H and O–H groups in total. The Hall–Kier alpha value is -3.56. The highest BCUT2D eigenvalue weighted by Gasteiger charge is 2.34. The van der Waals surface area contributed by atoms with E-state index < -0.39 is 28.5 Å². The minimum absolute atomic E-state index is 0.0452. The van der Waals surface area contributed by atoms with E-state index >= 15 is 0 Å². The number of rotatable bonds is 12. The molecule has 2 amide bonds. The van der Waals surface area contributed by atoms with Gasteiger partial charge in [-0.3, -0.25) is 13.9 Å². The standard InChI is InChI=1S/C32H38ClN3O5S/c1-41-29-19-17-28(18-20-29)36(42(2,39)40)23-31(37)35(22-25-13-15-26(33)16-14-25)30(21-24-9-5-3-6-10-24)32(38)34-27-11-7-4-8-12-27/h3,5-6,9-10,13-20,27,30H,4,7-8,11-12,21-23H2,1-2H3,(H,34,38)/t30-/m1/s1. The minimum Gasteiger partial charge on any atom is -0.497 e. The number of anilines is 1. The van der Waals surface area contributed by atoms with Gasteiger partial charge in [0.1, 0.15) is 18.3 Å². The Morgan fingerprint density at radius 3 is 2.17 bits per heavy atom. The fourth-order valence-corrected chi connectivity index (χ4v) is 6.22. The van der Waals surface area contributed by atoms with Crippen molar-refractivity contribution in [1.29, 1.82) is 0 Å². The Balaban J connectivity index is 1.70. The Morgan fingerprint density at radius 1 is 0.929 bits per heavy atom. The predicted molar refractivity (Wildman–Crippen MR) is 166 cm³/mol. The highest BCUT2D eigenvalue weighted by atomic mass is 35.5. The first-order valence-corrected chi connectivity index (χ1v) is 16.4. The Morgan fingerprint density at radius 2 is 1.57 bits per heavy atom. The molecule has 1 fully saturated rings. The largest absolute Gasteiger partial charge is 0.497 e. The van der Waals surface area contributed by atoms with E-state index in [1.54, 1.807) is 48.5 Å². The molecular formula is C32H38ClN3O5S. The number of hydrogen-bond donors (Lipinski definition) is 1. The van der Waals surface area contributed by atoms with Gasteiger partial charge in [0, 0.05) is 24.0 Å². The molecule has 0 bridgehead atoms. The summed E-state index contributed by atoms with van der Waals surface area (Å²) < 4.78 is 32.1. The van der Waals surface area contributed by atoms with Crippen LogP contribution in [-0.2, 0) is 32.6 Å². The van der Waals surface area contributed by atoms with Gasteiger partial charge in [-0.15, -0.1) is 0 Å². The van der Waals surface area contributed by atoms with Crippen molar-refractivity contribution in [1.82, 2.24) is 10.2 Å². The number of nitrogens with zero attached hydrogens (tertiary/aromatic N) is 2. The smallest absolute Gasteiger partial charge is 0.244 e. The van der Waals surface area contributed by atoms with Crippen molar-refractivity contribution in [2.24, 2.45) is 0 Å². The number of halogens is 1. The van der Waals surface area contributed by atoms with Crippen molar-refractivity contribution in [3.05, 3.63) is 95.0 Å². The van der Waals surface area contributed by atoms with Crippen molar-refractivity contribution in [3.63, 3.8) is 0 Å². The molecule has 8 nitrogen and oxygen atoms in total. The number of nitrogens with one attached hydrogen (secondary N) is 1. The van der Waals surface area contributed by atoms with Gasteiger partial charge in [0.25, 0.3) is 0 Å². The Kier molecular flexibility index (Phi) is 10.9. The molecule has 4 rings (SSSR count).